The number of halogens is 3. The summed E-state index contributed by atoms with van der Waals surface area (Å²) in [5.41, 5.74) is 1.94. The lowest BCUT2D eigenvalue weighted by Crippen LogP contribution is -2.44. The van der Waals surface area contributed by atoms with Crippen LogP contribution in [0.4, 0.5) is 18.9 Å². The third-order valence-electron chi connectivity index (χ3n) is 4.79. The van der Waals surface area contributed by atoms with Gasteiger partial charge in [-0.15, -0.1) is 0 Å². The quantitative estimate of drug-likeness (QED) is 0.842. The number of hydrogen-bond donors (Lipinski definition) is 1. The summed E-state index contributed by atoms with van der Waals surface area (Å²) in [4.78, 5) is 11.3. The maximum Gasteiger partial charge on any atom is 0.490 e. The summed E-state index contributed by atoms with van der Waals surface area (Å²) >= 11 is 0. The van der Waals surface area contributed by atoms with Crippen molar-refractivity contribution in [1.29, 1.82) is 5.26 Å². The van der Waals surface area contributed by atoms with Crippen LogP contribution in [0.25, 0.3) is 0 Å². The molecular formula is C18H21F3N2O4. The Hall–Kier alpha value is -2.31. The van der Waals surface area contributed by atoms with Crippen LogP contribution in [0.3, 0.4) is 0 Å². The van der Waals surface area contributed by atoms with E-state index >= 15 is 0 Å². The SMILES string of the molecule is COC1COC2(CCN(c3ccc(C#N)cc3)CC2)C1.O=C(O)C(F)(F)F. The van der Waals surface area contributed by atoms with Gasteiger partial charge in [-0.1, -0.05) is 0 Å². The van der Waals surface area contributed by atoms with Crippen LogP contribution in [0.2, 0.25) is 0 Å². The van der Waals surface area contributed by atoms with Crippen molar-refractivity contribution in [3.63, 3.8) is 0 Å². The number of benzene rings is 1. The molecule has 0 bridgehead atoms. The molecular weight excluding hydrogens is 365 g/mol. The normalized spacial score (nSPS) is 21.3. The Morgan fingerprint density at radius 2 is 1.89 bits per heavy atom. The molecule has 148 valence electrons. The molecule has 27 heavy (non-hydrogen) atoms. The summed E-state index contributed by atoms with van der Waals surface area (Å²) in [7, 11) is 1.76. The molecule has 2 fully saturated rings. The number of alkyl halides is 3. The largest absolute Gasteiger partial charge is 0.490 e. The Kier molecular flexibility index (Phi) is 6.68. The third-order valence-corrected chi connectivity index (χ3v) is 4.79. The van der Waals surface area contributed by atoms with Gasteiger partial charge in [-0.2, -0.15) is 18.4 Å². The van der Waals surface area contributed by atoms with Gasteiger partial charge in [-0.25, -0.2) is 4.79 Å². The molecule has 1 spiro atoms. The Morgan fingerprint density at radius 3 is 2.30 bits per heavy atom. The van der Waals surface area contributed by atoms with E-state index in [4.69, 9.17) is 24.6 Å². The average Bonchev–Trinajstić information content (AvgIpc) is 3.05. The first-order chi connectivity index (χ1) is 12.7. The van der Waals surface area contributed by atoms with Crippen molar-refractivity contribution in [2.24, 2.45) is 0 Å². The van der Waals surface area contributed by atoms with Crippen LogP contribution in [0, 0.1) is 11.3 Å². The van der Waals surface area contributed by atoms with Gasteiger partial charge in [0, 0.05) is 32.3 Å². The molecule has 0 radical (unpaired) electrons. The van der Waals surface area contributed by atoms with E-state index < -0.39 is 12.1 Å². The van der Waals surface area contributed by atoms with Gasteiger partial charge in [-0.05, 0) is 37.1 Å². The molecule has 2 heterocycles. The zero-order valence-electron chi connectivity index (χ0n) is 14.8. The van der Waals surface area contributed by atoms with Crippen LogP contribution in [0.1, 0.15) is 24.8 Å². The number of ether oxygens (including phenoxy) is 2. The van der Waals surface area contributed by atoms with Crippen molar-refractivity contribution in [3.8, 4) is 6.07 Å². The van der Waals surface area contributed by atoms with E-state index in [1.165, 1.54) is 5.69 Å². The van der Waals surface area contributed by atoms with E-state index in [0.29, 0.717) is 5.56 Å². The number of nitrogens with zero attached hydrogens (tertiary/aromatic N) is 2. The molecule has 0 amide bonds. The number of anilines is 1. The zero-order valence-corrected chi connectivity index (χ0v) is 14.8. The second-order valence-corrected chi connectivity index (χ2v) is 6.50. The summed E-state index contributed by atoms with van der Waals surface area (Å²) < 4.78 is 43.2. The number of aliphatic carboxylic acids is 1. The van der Waals surface area contributed by atoms with Gasteiger partial charge in [0.05, 0.1) is 29.9 Å². The molecule has 0 saturated carbocycles. The first-order valence-electron chi connectivity index (χ1n) is 8.41. The number of carbonyl (C=O) groups is 1. The summed E-state index contributed by atoms with van der Waals surface area (Å²) in [6.45, 7) is 2.73. The number of carboxylic acid groups (broad SMARTS) is 1. The van der Waals surface area contributed by atoms with Crippen LogP contribution in [-0.2, 0) is 14.3 Å². The van der Waals surface area contributed by atoms with Crippen molar-refractivity contribution < 1.29 is 32.5 Å². The number of rotatable bonds is 2. The third kappa shape index (κ3) is 5.58. The molecule has 0 aromatic heterocycles. The fourth-order valence-electron chi connectivity index (χ4n) is 3.22. The van der Waals surface area contributed by atoms with Crippen molar-refractivity contribution in [2.45, 2.75) is 37.1 Å². The van der Waals surface area contributed by atoms with Crippen LogP contribution in [-0.4, -0.2) is 55.8 Å². The molecule has 3 rings (SSSR count). The molecule has 2 aliphatic heterocycles. The number of carboxylic acids is 1. The van der Waals surface area contributed by atoms with Crippen LogP contribution in [0.5, 0.6) is 0 Å². The van der Waals surface area contributed by atoms with E-state index in [1.54, 1.807) is 7.11 Å². The minimum Gasteiger partial charge on any atom is -0.475 e. The second-order valence-electron chi connectivity index (χ2n) is 6.50. The van der Waals surface area contributed by atoms with Crippen molar-refractivity contribution >= 4 is 11.7 Å². The second kappa shape index (κ2) is 8.59. The van der Waals surface area contributed by atoms with Gasteiger partial charge in [0.2, 0.25) is 0 Å². The van der Waals surface area contributed by atoms with E-state index in [9.17, 15) is 13.2 Å². The highest BCUT2D eigenvalue weighted by atomic mass is 19.4. The first-order valence-corrected chi connectivity index (χ1v) is 8.41. The van der Waals surface area contributed by atoms with Crippen molar-refractivity contribution in [2.75, 3.05) is 31.7 Å². The lowest BCUT2D eigenvalue weighted by molar-refractivity contribution is -0.192. The van der Waals surface area contributed by atoms with E-state index in [0.717, 1.165) is 39.0 Å². The van der Waals surface area contributed by atoms with Gasteiger partial charge in [0.25, 0.3) is 0 Å². The number of hydrogen-bond acceptors (Lipinski definition) is 5. The van der Waals surface area contributed by atoms with Gasteiger partial charge in [-0.3, -0.25) is 0 Å². The Labute approximate surface area is 155 Å². The molecule has 1 atom stereocenters. The van der Waals surface area contributed by atoms with Gasteiger partial charge < -0.3 is 19.5 Å². The first kappa shape index (κ1) is 21.0. The van der Waals surface area contributed by atoms with Gasteiger partial charge in [0.15, 0.2) is 0 Å². The van der Waals surface area contributed by atoms with Crippen LogP contribution >= 0.6 is 0 Å². The average molecular weight is 386 g/mol. The topological polar surface area (TPSA) is 82.8 Å². The fraction of sp³-hybridized carbons (Fsp3) is 0.556. The van der Waals surface area contributed by atoms with Gasteiger partial charge >= 0.3 is 12.1 Å². The Balaban J connectivity index is 0.000000321. The monoisotopic (exact) mass is 386 g/mol. The lowest BCUT2D eigenvalue weighted by Gasteiger charge is -2.39. The predicted octanol–water partition coefficient (Wildman–Crippen LogP) is 2.97. The van der Waals surface area contributed by atoms with E-state index in [1.807, 2.05) is 24.3 Å². The predicted molar refractivity (Wildman–Crippen MR) is 90.4 cm³/mol. The number of methoxy groups -OCH3 is 1. The molecule has 2 saturated heterocycles. The van der Waals surface area contributed by atoms with E-state index in [2.05, 4.69) is 11.0 Å². The number of piperidine rings is 1. The highest BCUT2D eigenvalue weighted by Gasteiger charge is 2.42. The molecule has 1 unspecified atom stereocenters. The molecule has 0 aliphatic carbocycles. The summed E-state index contributed by atoms with van der Waals surface area (Å²) in [6.07, 6.45) is -1.71. The maximum atomic E-state index is 10.6. The van der Waals surface area contributed by atoms with Crippen molar-refractivity contribution in [3.05, 3.63) is 29.8 Å². The summed E-state index contributed by atoms with van der Waals surface area (Å²) in [5.74, 6) is -2.76. The maximum absolute atomic E-state index is 10.6. The minimum atomic E-state index is -5.08. The molecule has 6 nitrogen and oxygen atoms in total. The Bertz CT molecular complexity index is 677. The highest BCUT2D eigenvalue weighted by Crippen LogP contribution is 2.37. The molecule has 2 aliphatic rings. The molecule has 1 aromatic rings. The molecule has 9 heteroatoms. The van der Waals surface area contributed by atoms with E-state index in [-0.39, 0.29) is 11.7 Å². The lowest BCUT2D eigenvalue weighted by atomic mass is 9.87. The fourth-order valence-corrected chi connectivity index (χ4v) is 3.22. The van der Waals surface area contributed by atoms with Gasteiger partial charge in [0.1, 0.15) is 0 Å². The summed E-state index contributed by atoms with van der Waals surface area (Å²) in [6, 6.07) is 9.98. The Morgan fingerprint density at radius 1 is 1.33 bits per heavy atom. The standard InChI is InChI=1S/C16H20N2O2.C2HF3O2/c1-19-15-10-16(20-12-15)6-8-18(9-7-16)14-4-2-13(11-17)3-5-14;3-2(4,5)1(6)7/h2-5,15H,6-10,12H2,1H3;(H,6,7). The van der Waals surface area contributed by atoms with Crippen molar-refractivity contribution in [1.82, 2.24) is 0 Å². The zero-order chi connectivity index (χ0) is 20.1. The molecule has 1 aromatic carbocycles. The van der Waals surface area contributed by atoms with Crippen LogP contribution in [0.15, 0.2) is 24.3 Å². The van der Waals surface area contributed by atoms with Crippen LogP contribution < -0.4 is 4.90 Å². The highest BCUT2D eigenvalue weighted by molar-refractivity contribution is 5.73. The smallest absolute Gasteiger partial charge is 0.475 e. The minimum absolute atomic E-state index is 0.0315. The summed E-state index contributed by atoms with van der Waals surface area (Å²) in [5, 5.41) is 16.0. The number of nitriles is 1. The molecule has 1 N–H and O–H groups in total.